The summed E-state index contributed by atoms with van der Waals surface area (Å²) in [6, 6.07) is 0. The van der Waals surface area contributed by atoms with E-state index >= 15 is 0 Å². The lowest BCUT2D eigenvalue weighted by atomic mass is 9.49. The summed E-state index contributed by atoms with van der Waals surface area (Å²) in [4.78, 5) is 12.5. The van der Waals surface area contributed by atoms with Crippen molar-refractivity contribution in [3.8, 4) is 0 Å². The van der Waals surface area contributed by atoms with Gasteiger partial charge in [-0.2, -0.15) is 0 Å². The van der Waals surface area contributed by atoms with Crippen LogP contribution in [0, 0.1) is 29.6 Å². The number of methoxy groups -OCH3 is 1. The highest BCUT2D eigenvalue weighted by molar-refractivity contribution is 5.72. The van der Waals surface area contributed by atoms with E-state index in [-0.39, 0.29) is 17.5 Å². The number of carbonyl (C=O) groups is 1. The molecule has 1 atom stereocenters. The van der Waals surface area contributed by atoms with Crippen LogP contribution in [0.3, 0.4) is 0 Å². The van der Waals surface area contributed by atoms with Gasteiger partial charge in [-0.1, -0.05) is 13.8 Å². The molecule has 4 aliphatic carbocycles. The van der Waals surface area contributed by atoms with Crippen LogP contribution in [-0.2, 0) is 14.3 Å². The van der Waals surface area contributed by atoms with E-state index in [0.717, 1.165) is 24.7 Å². The fraction of sp³-hybridized carbons (Fsp3) is 0.944. The summed E-state index contributed by atoms with van der Waals surface area (Å²) in [7, 11) is 1.75. The van der Waals surface area contributed by atoms with Crippen LogP contribution in [-0.4, -0.2) is 25.3 Å². The van der Waals surface area contributed by atoms with Crippen molar-refractivity contribution in [2.75, 3.05) is 13.7 Å². The fourth-order valence-electron chi connectivity index (χ4n) is 5.32. The maximum Gasteiger partial charge on any atom is 0.309 e. The van der Waals surface area contributed by atoms with Crippen molar-refractivity contribution in [1.29, 1.82) is 0 Å². The first kappa shape index (κ1) is 15.3. The van der Waals surface area contributed by atoms with E-state index in [0.29, 0.717) is 18.4 Å². The Bertz CT molecular complexity index is 362. The molecule has 120 valence electrons. The highest BCUT2D eigenvalue weighted by Gasteiger charge is 2.59. The van der Waals surface area contributed by atoms with Crippen LogP contribution in [0.1, 0.15) is 58.8 Å². The van der Waals surface area contributed by atoms with Crippen LogP contribution >= 0.6 is 0 Å². The minimum absolute atomic E-state index is 0.0149. The Morgan fingerprint density at radius 2 is 1.71 bits per heavy atom. The molecule has 4 bridgehead atoms. The molecule has 0 N–H and O–H groups in total. The molecule has 0 aromatic heterocycles. The number of ether oxygens (including phenoxy) is 2. The standard InChI is InChI=1S/C18H30O3/c1-4-12(2)17(19)21-18(5-6-20-3)15-8-13-7-14(10-15)11-16(18)9-13/h12-16H,4-11H2,1-3H3. The van der Waals surface area contributed by atoms with Crippen molar-refractivity contribution in [2.45, 2.75) is 64.4 Å². The summed E-state index contributed by atoms with van der Waals surface area (Å²) in [6.07, 6.45) is 8.25. The van der Waals surface area contributed by atoms with Crippen molar-refractivity contribution < 1.29 is 14.3 Å². The molecule has 4 aliphatic rings. The molecule has 0 saturated heterocycles. The van der Waals surface area contributed by atoms with Crippen molar-refractivity contribution in [1.82, 2.24) is 0 Å². The first-order valence-electron chi connectivity index (χ1n) is 8.80. The molecule has 0 heterocycles. The molecule has 0 aromatic carbocycles. The van der Waals surface area contributed by atoms with E-state index in [1.165, 1.54) is 32.1 Å². The average molecular weight is 294 g/mol. The SMILES string of the molecule is CCC(C)C(=O)OC1(CCOC)C2CC3CC(C2)CC1C3. The van der Waals surface area contributed by atoms with E-state index in [9.17, 15) is 4.79 Å². The molecular weight excluding hydrogens is 264 g/mol. The largest absolute Gasteiger partial charge is 0.458 e. The van der Waals surface area contributed by atoms with E-state index in [1.807, 2.05) is 6.92 Å². The van der Waals surface area contributed by atoms with Gasteiger partial charge in [0.15, 0.2) is 0 Å². The van der Waals surface area contributed by atoms with Crippen molar-refractivity contribution in [3.05, 3.63) is 0 Å². The lowest BCUT2D eigenvalue weighted by Crippen LogP contribution is -2.60. The number of carbonyl (C=O) groups excluding carboxylic acids is 1. The smallest absolute Gasteiger partial charge is 0.309 e. The first-order valence-corrected chi connectivity index (χ1v) is 8.80. The van der Waals surface area contributed by atoms with Crippen LogP contribution < -0.4 is 0 Å². The molecule has 3 nitrogen and oxygen atoms in total. The van der Waals surface area contributed by atoms with Crippen LogP contribution in [0.5, 0.6) is 0 Å². The minimum atomic E-state index is -0.218. The maximum absolute atomic E-state index is 12.5. The highest BCUT2D eigenvalue weighted by atomic mass is 16.6. The van der Waals surface area contributed by atoms with E-state index < -0.39 is 0 Å². The predicted octanol–water partition coefficient (Wildman–Crippen LogP) is 3.81. The Morgan fingerprint density at radius 1 is 1.14 bits per heavy atom. The van der Waals surface area contributed by atoms with Crippen molar-refractivity contribution in [2.24, 2.45) is 29.6 Å². The van der Waals surface area contributed by atoms with Gasteiger partial charge in [-0.25, -0.2) is 0 Å². The molecule has 0 radical (unpaired) electrons. The summed E-state index contributed by atoms with van der Waals surface area (Å²) in [6.45, 7) is 4.75. The van der Waals surface area contributed by atoms with Gasteiger partial charge in [0.05, 0.1) is 12.5 Å². The summed E-state index contributed by atoms with van der Waals surface area (Å²) < 4.78 is 11.6. The molecule has 4 rings (SSSR count). The molecule has 0 aliphatic heterocycles. The number of rotatable bonds is 6. The third-order valence-corrected chi connectivity index (χ3v) is 6.52. The van der Waals surface area contributed by atoms with Crippen LogP contribution in [0.4, 0.5) is 0 Å². The van der Waals surface area contributed by atoms with Gasteiger partial charge in [-0.3, -0.25) is 4.79 Å². The Hall–Kier alpha value is -0.570. The predicted molar refractivity (Wildman–Crippen MR) is 81.8 cm³/mol. The Labute approximate surface area is 128 Å². The van der Waals surface area contributed by atoms with Gasteiger partial charge >= 0.3 is 5.97 Å². The lowest BCUT2D eigenvalue weighted by Gasteiger charge is -2.60. The van der Waals surface area contributed by atoms with Crippen molar-refractivity contribution >= 4 is 5.97 Å². The van der Waals surface area contributed by atoms with E-state index in [2.05, 4.69) is 6.92 Å². The summed E-state index contributed by atoms with van der Waals surface area (Å²) >= 11 is 0. The van der Waals surface area contributed by atoms with Gasteiger partial charge < -0.3 is 9.47 Å². The summed E-state index contributed by atoms with van der Waals surface area (Å²) in [5.74, 6) is 2.98. The minimum Gasteiger partial charge on any atom is -0.458 e. The molecule has 3 heteroatoms. The number of hydrogen-bond acceptors (Lipinski definition) is 3. The second-order valence-corrected chi connectivity index (χ2v) is 7.73. The van der Waals surface area contributed by atoms with Crippen LogP contribution in [0.15, 0.2) is 0 Å². The number of hydrogen-bond donors (Lipinski definition) is 0. The van der Waals surface area contributed by atoms with Crippen molar-refractivity contribution in [3.63, 3.8) is 0 Å². The van der Waals surface area contributed by atoms with Gasteiger partial charge in [0.25, 0.3) is 0 Å². The molecule has 4 fully saturated rings. The maximum atomic E-state index is 12.5. The fourth-order valence-corrected chi connectivity index (χ4v) is 5.32. The Kier molecular flexibility index (Phi) is 4.31. The zero-order valence-electron chi connectivity index (χ0n) is 13.8. The van der Waals surface area contributed by atoms with E-state index in [4.69, 9.17) is 9.47 Å². The normalized spacial score (nSPS) is 42.0. The van der Waals surface area contributed by atoms with Gasteiger partial charge in [0, 0.05) is 13.5 Å². The van der Waals surface area contributed by atoms with Crippen LogP contribution in [0.2, 0.25) is 0 Å². The molecule has 21 heavy (non-hydrogen) atoms. The zero-order valence-corrected chi connectivity index (χ0v) is 13.8. The van der Waals surface area contributed by atoms with Gasteiger partial charge in [0.1, 0.15) is 5.60 Å². The van der Waals surface area contributed by atoms with Gasteiger partial charge in [0.2, 0.25) is 0 Å². The Morgan fingerprint density at radius 3 is 2.19 bits per heavy atom. The van der Waals surface area contributed by atoms with Gasteiger partial charge in [-0.05, 0) is 62.2 Å². The van der Waals surface area contributed by atoms with Crippen LogP contribution in [0.25, 0.3) is 0 Å². The zero-order chi connectivity index (χ0) is 15.0. The molecule has 0 aromatic rings. The first-order chi connectivity index (χ1) is 10.1. The number of esters is 1. The lowest BCUT2D eigenvalue weighted by molar-refractivity contribution is -0.217. The monoisotopic (exact) mass is 294 g/mol. The average Bonchev–Trinajstić information content (AvgIpc) is 2.48. The second-order valence-electron chi connectivity index (χ2n) is 7.73. The van der Waals surface area contributed by atoms with Gasteiger partial charge in [-0.15, -0.1) is 0 Å². The summed E-state index contributed by atoms with van der Waals surface area (Å²) in [5, 5.41) is 0. The molecular formula is C18H30O3. The summed E-state index contributed by atoms with van der Waals surface area (Å²) in [5.41, 5.74) is -0.218. The third kappa shape index (κ3) is 2.62. The van der Waals surface area contributed by atoms with E-state index in [1.54, 1.807) is 7.11 Å². The molecule has 0 spiro atoms. The molecule has 1 unspecified atom stereocenters. The Balaban J connectivity index is 1.81. The third-order valence-electron chi connectivity index (χ3n) is 6.52. The molecule has 4 saturated carbocycles. The second kappa shape index (κ2) is 5.91. The highest BCUT2D eigenvalue weighted by Crippen LogP contribution is 2.60. The quantitative estimate of drug-likeness (QED) is 0.699. The topological polar surface area (TPSA) is 35.5 Å². The molecule has 0 amide bonds.